The van der Waals surface area contributed by atoms with Crippen molar-refractivity contribution in [3.05, 3.63) is 12.2 Å². The van der Waals surface area contributed by atoms with Gasteiger partial charge in [-0.3, -0.25) is 0 Å². The van der Waals surface area contributed by atoms with E-state index in [0.29, 0.717) is 0 Å². The number of hydrogen-bond acceptors (Lipinski definition) is 0. The first-order chi connectivity index (χ1) is 2.89. The SMILES string of the molecule is C[CH]1C=C[CH]=[Sb]1. The second-order valence-electron chi connectivity index (χ2n) is 1.42. The van der Waals surface area contributed by atoms with Crippen molar-refractivity contribution in [1.82, 2.24) is 0 Å². The standard InChI is InChI=1S/C5H7.Sb/c1-3-5-4-2;/h1,3-5H,2H3;. The summed E-state index contributed by atoms with van der Waals surface area (Å²) in [6, 6.07) is 0. The third-order valence-corrected chi connectivity index (χ3v) is 3.61. The Balaban J connectivity index is 2.60. The fourth-order valence-corrected chi connectivity index (χ4v) is 2.36. The van der Waals surface area contributed by atoms with E-state index in [0.717, 1.165) is 3.86 Å². The molecule has 0 bridgehead atoms. The molecule has 0 saturated heterocycles. The number of hydrogen-bond donors (Lipinski definition) is 0. The van der Waals surface area contributed by atoms with Crippen LogP contribution in [0.5, 0.6) is 0 Å². The topological polar surface area (TPSA) is 0 Å². The molecule has 0 amide bonds. The summed E-state index contributed by atoms with van der Waals surface area (Å²) >= 11 is 0.150. The van der Waals surface area contributed by atoms with Crippen LogP contribution in [0.4, 0.5) is 0 Å². The van der Waals surface area contributed by atoms with E-state index in [4.69, 9.17) is 0 Å². The van der Waals surface area contributed by atoms with E-state index in [1.165, 1.54) is 0 Å². The van der Waals surface area contributed by atoms with Crippen molar-refractivity contribution in [3.8, 4) is 0 Å². The van der Waals surface area contributed by atoms with Gasteiger partial charge in [0, 0.05) is 0 Å². The minimum atomic E-state index is 0.150. The predicted molar refractivity (Wildman–Crippen MR) is 30.4 cm³/mol. The van der Waals surface area contributed by atoms with Gasteiger partial charge < -0.3 is 0 Å². The Hall–Kier alpha value is 0.428. The molecule has 0 nitrogen and oxygen atoms in total. The molecule has 0 fully saturated rings. The van der Waals surface area contributed by atoms with E-state index >= 15 is 0 Å². The molecule has 1 aliphatic heterocycles. The Labute approximate surface area is 48.3 Å². The van der Waals surface area contributed by atoms with Gasteiger partial charge >= 0.3 is 48.0 Å². The molecule has 1 rings (SSSR count). The molecule has 0 aromatic rings. The third kappa shape index (κ3) is 0.943. The first-order valence-corrected chi connectivity index (χ1v) is 5.04. The molecule has 1 aliphatic rings. The van der Waals surface area contributed by atoms with Crippen LogP contribution in [0.15, 0.2) is 12.2 Å². The average molecular weight is 189 g/mol. The van der Waals surface area contributed by atoms with Gasteiger partial charge in [0.15, 0.2) is 0 Å². The van der Waals surface area contributed by atoms with Crippen molar-refractivity contribution < 1.29 is 0 Å². The first-order valence-electron chi connectivity index (χ1n) is 2.09. The van der Waals surface area contributed by atoms with Crippen molar-refractivity contribution in [2.24, 2.45) is 0 Å². The van der Waals surface area contributed by atoms with E-state index in [2.05, 4.69) is 23.0 Å². The summed E-state index contributed by atoms with van der Waals surface area (Å²) in [6.07, 6.45) is 4.49. The molecule has 6 heavy (non-hydrogen) atoms. The summed E-state index contributed by atoms with van der Waals surface area (Å²) in [5.41, 5.74) is 0. The number of allylic oxidation sites excluding steroid dienone is 2. The Morgan fingerprint density at radius 2 is 2.50 bits per heavy atom. The van der Waals surface area contributed by atoms with Crippen LogP contribution in [0.3, 0.4) is 0 Å². The van der Waals surface area contributed by atoms with Gasteiger partial charge in [0.2, 0.25) is 0 Å². The maximum atomic E-state index is 2.35. The summed E-state index contributed by atoms with van der Waals surface area (Å²) in [5, 5.41) is 0. The van der Waals surface area contributed by atoms with Crippen molar-refractivity contribution in [2.75, 3.05) is 0 Å². The van der Waals surface area contributed by atoms with Gasteiger partial charge in [0.1, 0.15) is 0 Å². The molecule has 0 N–H and O–H groups in total. The second kappa shape index (κ2) is 1.93. The summed E-state index contributed by atoms with van der Waals surface area (Å²) in [4.78, 5) is 0. The second-order valence-corrected chi connectivity index (χ2v) is 5.45. The van der Waals surface area contributed by atoms with E-state index in [1.54, 1.807) is 0 Å². The van der Waals surface area contributed by atoms with E-state index in [-0.39, 0.29) is 21.1 Å². The molecule has 32 valence electrons. The summed E-state index contributed by atoms with van der Waals surface area (Å²) < 4.78 is 3.31. The van der Waals surface area contributed by atoms with Gasteiger partial charge in [0.05, 0.1) is 0 Å². The fourth-order valence-electron chi connectivity index (χ4n) is 0.446. The van der Waals surface area contributed by atoms with Crippen LogP contribution in [-0.2, 0) is 0 Å². The van der Waals surface area contributed by atoms with Gasteiger partial charge in [-0.1, -0.05) is 0 Å². The number of rotatable bonds is 0. The van der Waals surface area contributed by atoms with Crippen LogP contribution in [0.25, 0.3) is 0 Å². The Kier molecular flexibility index (Phi) is 1.47. The summed E-state index contributed by atoms with van der Waals surface area (Å²) in [6.45, 7) is 2.29. The third-order valence-electron chi connectivity index (χ3n) is 0.797. The molecule has 0 radical (unpaired) electrons. The van der Waals surface area contributed by atoms with E-state index in [1.807, 2.05) is 0 Å². The van der Waals surface area contributed by atoms with E-state index < -0.39 is 0 Å². The molecular weight excluding hydrogens is 182 g/mol. The Morgan fingerprint density at radius 3 is 2.67 bits per heavy atom. The van der Waals surface area contributed by atoms with Crippen LogP contribution in [0.1, 0.15) is 6.92 Å². The molecule has 0 aromatic carbocycles. The van der Waals surface area contributed by atoms with Crippen LogP contribution in [0, 0.1) is 0 Å². The predicted octanol–water partition coefficient (Wildman–Crippen LogP) is 0.871. The normalized spacial score (nSPS) is 29.2. The van der Waals surface area contributed by atoms with Crippen LogP contribution < -0.4 is 0 Å². The van der Waals surface area contributed by atoms with Gasteiger partial charge in [-0.15, -0.1) is 0 Å². The zero-order valence-corrected chi connectivity index (χ0v) is 6.31. The van der Waals surface area contributed by atoms with Crippen LogP contribution in [0.2, 0.25) is 3.86 Å². The van der Waals surface area contributed by atoms with Crippen molar-refractivity contribution in [1.29, 1.82) is 0 Å². The molecule has 1 heteroatoms. The summed E-state index contributed by atoms with van der Waals surface area (Å²) in [7, 11) is 0. The molecule has 1 unspecified atom stereocenters. The molecule has 0 aromatic heterocycles. The molecular formula is C5H7Sb. The fraction of sp³-hybridized carbons (Fsp3) is 0.400. The van der Waals surface area contributed by atoms with Gasteiger partial charge in [-0.25, -0.2) is 0 Å². The van der Waals surface area contributed by atoms with Gasteiger partial charge in [-0.2, -0.15) is 0 Å². The quantitative estimate of drug-likeness (QED) is 0.496. The molecule has 1 atom stereocenters. The van der Waals surface area contributed by atoms with Crippen molar-refractivity contribution in [3.63, 3.8) is 0 Å². The molecule has 1 heterocycles. The summed E-state index contributed by atoms with van der Waals surface area (Å²) in [5.74, 6) is 0. The van der Waals surface area contributed by atoms with Crippen molar-refractivity contribution in [2.45, 2.75) is 10.8 Å². The Bertz CT molecular complexity index is 80.1. The average Bonchev–Trinajstić information content (AvgIpc) is 1.86. The van der Waals surface area contributed by atoms with Crippen LogP contribution in [-0.4, -0.2) is 25.1 Å². The zero-order valence-electron chi connectivity index (χ0n) is 3.76. The molecule has 0 aliphatic carbocycles. The van der Waals surface area contributed by atoms with Crippen LogP contribution >= 0.6 is 0 Å². The zero-order chi connectivity index (χ0) is 4.41. The molecule has 0 saturated carbocycles. The molecule has 0 spiro atoms. The maximum absolute atomic E-state index is 2.35. The monoisotopic (exact) mass is 188 g/mol. The first kappa shape index (κ1) is 4.58. The van der Waals surface area contributed by atoms with E-state index in [9.17, 15) is 0 Å². The van der Waals surface area contributed by atoms with Gasteiger partial charge in [-0.05, 0) is 0 Å². The Morgan fingerprint density at radius 1 is 1.67 bits per heavy atom. The minimum absolute atomic E-state index is 0.150. The van der Waals surface area contributed by atoms with Crippen molar-refractivity contribution >= 4 is 25.1 Å². The van der Waals surface area contributed by atoms with Gasteiger partial charge in [0.25, 0.3) is 0 Å².